The summed E-state index contributed by atoms with van der Waals surface area (Å²) in [7, 11) is 2.15. The van der Waals surface area contributed by atoms with E-state index in [0.29, 0.717) is 6.10 Å². The van der Waals surface area contributed by atoms with Crippen molar-refractivity contribution >= 4 is 0 Å². The number of hydrogen-bond acceptors (Lipinski definition) is 3. The molecule has 1 heterocycles. The van der Waals surface area contributed by atoms with Gasteiger partial charge in [0.25, 0.3) is 0 Å². The van der Waals surface area contributed by atoms with E-state index in [-0.39, 0.29) is 5.54 Å². The molecule has 0 spiro atoms. The Hall–Kier alpha value is -0.120. The fraction of sp³-hybridized carbons (Fsp3) is 1.00. The average Bonchev–Trinajstić information content (AvgIpc) is 2.52. The first kappa shape index (κ1) is 12.0. The zero-order chi connectivity index (χ0) is 10.6. The fourth-order valence-corrected chi connectivity index (χ4v) is 1.71. The lowest BCUT2D eigenvalue weighted by molar-refractivity contribution is 0.0794. The highest BCUT2D eigenvalue weighted by molar-refractivity contribution is 4.75. The maximum atomic E-state index is 5.93. The average molecular weight is 200 g/mol. The van der Waals surface area contributed by atoms with Gasteiger partial charge in [0.1, 0.15) is 0 Å². The molecule has 14 heavy (non-hydrogen) atoms. The zero-order valence-corrected chi connectivity index (χ0v) is 9.75. The molecule has 0 saturated carbocycles. The highest BCUT2D eigenvalue weighted by Crippen LogP contribution is 2.13. The SMILES string of the molecule is CN(CCC(C)(C)N)CC1CCCO1. The van der Waals surface area contributed by atoms with Gasteiger partial charge in [-0.1, -0.05) is 0 Å². The topological polar surface area (TPSA) is 38.5 Å². The predicted molar refractivity (Wildman–Crippen MR) is 59.4 cm³/mol. The van der Waals surface area contributed by atoms with E-state index in [0.717, 1.165) is 26.1 Å². The lowest BCUT2D eigenvalue weighted by atomic mass is 10.0. The summed E-state index contributed by atoms with van der Waals surface area (Å²) in [5, 5.41) is 0. The minimum absolute atomic E-state index is 0.0508. The number of hydrogen-bond donors (Lipinski definition) is 1. The molecule has 1 rings (SSSR count). The minimum Gasteiger partial charge on any atom is -0.377 e. The summed E-state index contributed by atoms with van der Waals surface area (Å²) < 4.78 is 5.58. The second-order valence-electron chi connectivity index (χ2n) is 5.14. The number of rotatable bonds is 5. The molecular formula is C11H24N2O. The maximum Gasteiger partial charge on any atom is 0.0702 e. The monoisotopic (exact) mass is 200 g/mol. The van der Waals surface area contributed by atoms with Crippen LogP contribution < -0.4 is 5.73 Å². The minimum atomic E-state index is -0.0508. The van der Waals surface area contributed by atoms with E-state index in [1.54, 1.807) is 0 Å². The molecule has 1 unspecified atom stereocenters. The van der Waals surface area contributed by atoms with Gasteiger partial charge in [0.05, 0.1) is 6.10 Å². The molecule has 2 N–H and O–H groups in total. The van der Waals surface area contributed by atoms with Crippen molar-refractivity contribution in [3.8, 4) is 0 Å². The van der Waals surface area contributed by atoms with Crippen molar-refractivity contribution < 1.29 is 4.74 Å². The molecule has 0 amide bonds. The Bertz CT molecular complexity index is 159. The van der Waals surface area contributed by atoms with Gasteiger partial charge in [-0.2, -0.15) is 0 Å². The number of ether oxygens (including phenoxy) is 1. The molecule has 0 radical (unpaired) electrons. The van der Waals surface area contributed by atoms with Crippen molar-refractivity contribution in [2.45, 2.75) is 44.8 Å². The molecule has 3 nitrogen and oxygen atoms in total. The van der Waals surface area contributed by atoms with Gasteiger partial charge in [-0.25, -0.2) is 0 Å². The lowest BCUT2D eigenvalue weighted by Crippen LogP contribution is -2.38. The van der Waals surface area contributed by atoms with E-state index >= 15 is 0 Å². The van der Waals surface area contributed by atoms with Crippen LogP contribution in [0.25, 0.3) is 0 Å². The first-order valence-electron chi connectivity index (χ1n) is 5.56. The Morgan fingerprint density at radius 3 is 2.71 bits per heavy atom. The van der Waals surface area contributed by atoms with Crippen LogP contribution in [0.2, 0.25) is 0 Å². The number of likely N-dealkylation sites (N-methyl/N-ethyl adjacent to an activating group) is 1. The van der Waals surface area contributed by atoms with E-state index in [9.17, 15) is 0 Å². The molecule has 0 aliphatic carbocycles. The van der Waals surface area contributed by atoms with Crippen LogP contribution in [0.1, 0.15) is 33.1 Å². The van der Waals surface area contributed by atoms with Crippen LogP contribution in [0.4, 0.5) is 0 Å². The second kappa shape index (κ2) is 5.10. The van der Waals surface area contributed by atoms with E-state index in [2.05, 4.69) is 25.8 Å². The summed E-state index contributed by atoms with van der Waals surface area (Å²) in [6, 6.07) is 0. The van der Waals surface area contributed by atoms with Gasteiger partial charge in [0.15, 0.2) is 0 Å². The lowest BCUT2D eigenvalue weighted by Gasteiger charge is -2.25. The molecule has 1 atom stereocenters. The Morgan fingerprint density at radius 2 is 2.21 bits per heavy atom. The Balaban J connectivity index is 2.12. The third-order valence-corrected chi connectivity index (χ3v) is 2.68. The van der Waals surface area contributed by atoms with Gasteiger partial charge in [0, 0.05) is 18.7 Å². The standard InChI is InChI=1S/C11H24N2O/c1-11(2,12)6-7-13(3)9-10-5-4-8-14-10/h10H,4-9,12H2,1-3H3. The number of nitrogens with two attached hydrogens (primary N) is 1. The van der Waals surface area contributed by atoms with E-state index in [1.807, 2.05) is 0 Å². The highest BCUT2D eigenvalue weighted by Gasteiger charge is 2.18. The Labute approximate surface area is 87.6 Å². The third kappa shape index (κ3) is 4.94. The largest absolute Gasteiger partial charge is 0.377 e. The van der Waals surface area contributed by atoms with Crippen molar-refractivity contribution in [3.63, 3.8) is 0 Å². The summed E-state index contributed by atoms with van der Waals surface area (Å²) in [5.74, 6) is 0. The molecule has 0 aromatic rings. The van der Waals surface area contributed by atoms with E-state index < -0.39 is 0 Å². The van der Waals surface area contributed by atoms with Crippen LogP contribution >= 0.6 is 0 Å². The fourth-order valence-electron chi connectivity index (χ4n) is 1.71. The number of nitrogens with zero attached hydrogens (tertiary/aromatic N) is 1. The normalized spacial score (nSPS) is 23.4. The molecule has 1 fully saturated rings. The summed E-state index contributed by atoms with van der Waals surface area (Å²) in [6.45, 7) is 7.21. The molecule has 1 aliphatic heterocycles. The van der Waals surface area contributed by atoms with Gasteiger partial charge in [-0.05, 0) is 46.7 Å². The van der Waals surface area contributed by atoms with Crippen LogP contribution in [-0.2, 0) is 4.74 Å². The highest BCUT2D eigenvalue weighted by atomic mass is 16.5. The molecule has 1 aliphatic rings. The van der Waals surface area contributed by atoms with E-state index in [4.69, 9.17) is 10.5 Å². The van der Waals surface area contributed by atoms with Gasteiger partial charge in [-0.15, -0.1) is 0 Å². The van der Waals surface area contributed by atoms with Crippen LogP contribution in [0, 0.1) is 0 Å². The summed E-state index contributed by atoms with van der Waals surface area (Å²) in [5.41, 5.74) is 5.88. The van der Waals surface area contributed by atoms with Crippen LogP contribution in [0.3, 0.4) is 0 Å². The molecule has 0 bridgehead atoms. The van der Waals surface area contributed by atoms with Crippen molar-refractivity contribution in [1.82, 2.24) is 4.90 Å². The van der Waals surface area contributed by atoms with Crippen molar-refractivity contribution in [2.24, 2.45) is 5.73 Å². The van der Waals surface area contributed by atoms with Crippen molar-refractivity contribution in [3.05, 3.63) is 0 Å². The molecule has 84 valence electrons. The van der Waals surface area contributed by atoms with Crippen molar-refractivity contribution in [2.75, 3.05) is 26.7 Å². The van der Waals surface area contributed by atoms with Crippen LogP contribution in [-0.4, -0.2) is 43.3 Å². The van der Waals surface area contributed by atoms with Gasteiger partial charge in [-0.3, -0.25) is 0 Å². The maximum absolute atomic E-state index is 5.93. The summed E-state index contributed by atoms with van der Waals surface area (Å²) in [4.78, 5) is 2.32. The van der Waals surface area contributed by atoms with Gasteiger partial charge >= 0.3 is 0 Å². The molecule has 3 heteroatoms. The molecule has 0 aromatic carbocycles. The van der Waals surface area contributed by atoms with Gasteiger partial charge in [0.2, 0.25) is 0 Å². The van der Waals surface area contributed by atoms with Crippen LogP contribution in [0.15, 0.2) is 0 Å². The van der Waals surface area contributed by atoms with Crippen LogP contribution in [0.5, 0.6) is 0 Å². The smallest absolute Gasteiger partial charge is 0.0702 e. The quantitative estimate of drug-likeness (QED) is 0.725. The van der Waals surface area contributed by atoms with E-state index in [1.165, 1.54) is 12.8 Å². The Morgan fingerprint density at radius 1 is 1.50 bits per heavy atom. The summed E-state index contributed by atoms with van der Waals surface area (Å²) >= 11 is 0. The molecular weight excluding hydrogens is 176 g/mol. The molecule has 0 aromatic heterocycles. The second-order valence-corrected chi connectivity index (χ2v) is 5.14. The molecule has 1 saturated heterocycles. The Kier molecular flexibility index (Phi) is 4.35. The first-order chi connectivity index (χ1) is 6.47. The zero-order valence-electron chi connectivity index (χ0n) is 9.75. The van der Waals surface area contributed by atoms with Crippen molar-refractivity contribution in [1.29, 1.82) is 0 Å². The summed E-state index contributed by atoms with van der Waals surface area (Å²) in [6.07, 6.45) is 3.94. The van der Waals surface area contributed by atoms with Gasteiger partial charge < -0.3 is 15.4 Å². The third-order valence-electron chi connectivity index (χ3n) is 2.68. The predicted octanol–water partition coefficient (Wildman–Crippen LogP) is 1.22. The first-order valence-corrected chi connectivity index (χ1v) is 5.56.